The Bertz CT molecular complexity index is 3870. The summed E-state index contributed by atoms with van der Waals surface area (Å²) in [6.07, 6.45) is 9.53. The van der Waals surface area contributed by atoms with Crippen molar-refractivity contribution in [2.45, 2.75) is 205 Å². The van der Waals surface area contributed by atoms with Crippen molar-refractivity contribution in [2.75, 3.05) is 9.71 Å². The van der Waals surface area contributed by atoms with E-state index in [0.29, 0.717) is 0 Å². The molecule has 388 valence electrons. The molecule has 6 aliphatic rings. The monoisotopic (exact) mass is 1020 g/mol. The normalized spacial score (nSPS) is 22.0. The molecule has 0 saturated carbocycles. The summed E-state index contributed by atoms with van der Waals surface area (Å²) < 4.78 is 2.79. The van der Waals surface area contributed by atoms with E-state index in [1.807, 2.05) is 11.3 Å². The fraction of sp³-hybridized carbons (Fsp3) is 0.444. The van der Waals surface area contributed by atoms with Crippen molar-refractivity contribution in [1.82, 2.24) is 0 Å². The van der Waals surface area contributed by atoms with Crippen molar-refractivity contribution < 1.29 is 0 Å². The second-order valence-corrected chi connectivity index (χ2v) is 31.4. The van der Waals surface area contributed by atoms with Crippen LogP contribution in [0.5, 0.6) is 0 Å². The molecule has 76 heavy (non-hydrogen) atoms. The van der Waals surface area contributed by atoms with E-state index in [2.05, 4.69) is 224 Å². The van der Waals surface area contributed by atoms with Crippen LogP contribution in [-0.2, 0) is 43.3 Å². The van der Waals surface area contributed by atoms with Gasteiger partial charge in [0.05, 0.1) is 0 Å². The second kappa shape index (κ2) is 15.3. The molecule has 0 spiro atoms. The number of thiophene rings is 1. The standard InChI is InChI=1S/C72H81BN2S/c1-65(2)25-27-67(5,6)51-34-43(21-23-49(51)65)74-59-39-55-54(70(11,12)30-31-71(55,13)14)38-57(59)73-64-60(74)33-42-19-17-18-20-45(42)63(64)48-36-46-47-37-53-56(72(15,16)32-29-69(53,9)10)40-61(47)76-62(46)41-58(48)75(73)44-22-24-50-52(35-44)68(7,8)28-26-66(50,3)4/h17-24,33-41H,25-32H2,1-16H3. The Morgan fingerprint density at radius 1 is 0.368 bits per heavy atom. The van der Waals surface area contributed by atoms with E-state index >= 15 is 0 Å². The smallest absolute Gasteiger partial charge is 0.333 e. The van der Waals surface area contributed by atoms with Gasteiger partial charge in [-0.05, 0) is 227 Å². The van der Waals surface area contributed by atoms with E-state index < -0.39 is 0 Å². The van der Waals surface area contributed by atoms with Crippen molar-refractivity contribution in [3.05, 3.63) is 148 Å². The van der Waals surface area contributed by atoms with Crippen LogP contribution >= 0.6 is 11.3 Å². The maximum Gasteiger partial charge on any atom is 0.333 e. The molecule has 0 saturated heterocycles. The molecular weight excluding hydrogens is 936 g/mol. The fourth-order valence-electron chi connectivity index (χ4n) is 16.1. The Morgan fingerprint density at radius 3 is 1.39 bits per heavy atom. The van der Waals surface area contributed by atoms with Crippen LogP contribution in [0.15, 0.2) is 103 Å². The van der Waals surface area contributed by atoms with Gasteiger partial charge in [0.15, 0.2) is 0 Å². The summed E-state index contributed by atoms with van der Waals surface area (Å²) in [6.45, 7) is 39.8. The van der Waals surface area contributed by atoms with Gasteiger partial charge in [0.2, 0.25) is 0 Å². The second-order valence-electron chi connectivity index (χ2n) is 30.4. The molecule has 0 radical (unpaired) electrons. The molecule has 4 aliphatic carbocycles. The maximum atomic E-state index is 2.86. The molecule has 3 heterocycles. The highest BCUT2D eigenvalue weighted by Gasteiger charge is 2.50. The first-order valence-corrected chi connectivity index (χ1v) is 30.1. The minimum Gasteiger partial charge on any atom is -0.376 e. The number of nitrogens with zero attached hydrogens (tertiary/aromatic N) is 2. The van der Waals surface area contributed by atoms with E-state index in [1.165, 1.54) is 172 Å². The number of rotatable bonds is 2. The van der Waals surface area contributed by atoms with Gasteiger partial charge in [0, 0.05) is 54.2 Å². The van der Waals surface area contributed by atoms with Gasteiger partial charge in [-0.25, -0.2) is 0 Å². The number of hydrogen-bond acceptors (Lipinski definition) is 3. The molecule has 1 aromatic heterocycles. The largest absolute Gasteiger partial charge is 0.376 e. The molecule has 4 heteroatoms. The predicted octanol–water partition coefficient (Wildman–Crippen LogP) is 19.3. The van der Waals surface area contributed by atoms with Gasteiger partial charge in [-0.15, -0.1) is 11.3 Å². The zero-order chi connectivity index (χ0) is 53.4. The summed E-state index contributed by atoms with van der Waals surface area (Å²) in [5.74, 6) is 0. The first kappa shape index (κ1) is 49.0. The van der Waals surface area contributed by atoms with Gasteiger partial charge in [0.1, 0.15) is 0 Å². The summed E-state index contributed by atoms with van der Waals surface area (Å²) in [4.78, 5) is 5.61. The lowest BCUT2D eigenvalue weighted by Crippen LogP contribution is -2.62. The summed E-state index contributed by atoms with van der Waals surface area (Å²) in [7, 11) is 0. The lowest BCUT2D eigenvalue weighted by Gasteiger charge is -2.49. The van der Waals surface area contributed by atoms with Crippen molar-refractivity contribution in [2.24, 2.45) is 0 Å². The SMILES string of the molecule is CC1(C)CCC(C)(C)c2cc(N3B4c5cc6c(cc5N(c5ccc7c(c5)C(C)(C)CCC7(C)C)c5cc7ccccc7c(c54)-c4cc5c(cc43)sc3cc4c(cc35)C(C)(C)CCC4(C)C)C(C)(C)CCC6(C)C)ccc21. The molecule has 0 unspecified atom stereocenters. The van der Waals surface area contributed by atoms with Crippen LogP contribution in [0.4, 0.5) is 28.4 Å². The molecule has 0 bridgehead atoms. The highest BCUT2D eigenvalue weighted by atomic mass is 32.1. The Hall–Kier alpha value is -5.32. The number of anilines is 5. The van der Waals surface area contributed by atoms with Gasteiger partial charge in [0.25, 0.3) is 0 Å². The van der Waals surface area contributed by atoms with E-state index in [4.69, 9.17) is 0 Å². The van der Waals surface area contributed by atoms with Crippen molar-refractivity contribution in [3.63, 3.8) is 0 Å². The van der Waals surface area contributed by atoms with Crippen molar-refractivity contribution in [1.29, 1.82) is 0 Å². The fourth-order valence-corrected chi connectivity index (χ4v) is 17.2. The minimum atomic E-state index is -0.0778. The van der Waals surface area contributed by atoms with Crippen LogP contribution < -0.4 is 20.6 Å². The third kappa shape index (κ3) is 6.76. The quantitative estimate of drug-likeness (QED) is 0.159. The number of benzene rings is 7. The van der Waals surface area contributed by atoms with Crippen molar-refractivity contribution >= 4 is 88.5 Å². The first-order chi connectivity index (χ1) is 35.6. The zero-order valence-corrected chi connectivity index (χ0v) is 49.7. The lowest BCUT2D eigenvalue weighted by molar-refractivity contribution is 0.332. The van der Waals surface area contributed by atoms with Crippen LogP contribution in [-0.4, -0.2) is 6.85 Å². The van der Waals surface area contributed by atoms with Crippen LogP contribution in [0.25, 0.3) is 42.1 Å². The molecule has 8 aromatic rings. The summed E-state index contributed by atoms with van der Waals surface area (Å²) in [6, 6.07) is 43.3. The molecule has 14 rings (SSSR count). The highest BCUT2D eigenvalue weighted by Crippen LogP contribution is 2.57. The van der Waals surface area contributed by atoms with E-state index in [-0.39, 0.29) is 50.2 Å². The minimum absolute atomic E-state index is 0.0308. The van der Waals surface area contributed by atoms with Gasteiger partial charge < -0.3 is 9.71 Å². The summed E-state index contributed by atoms with van der Waals surface area (Å²) in [5, 5.41) is 5.44. The number of hydrogen-bond donors (Lipinski definition) is 0. The van der Waals surface area contributed by atoms with Crippen LogP contribution in [0.3, 0.4) is 0 Å². The summed E-state index contributed by atoms with van der Waals surface area (Å²) in [5.41, 5.74) is 25.0. The maximum absolute atomic E-state index is 2.86. The predicted molar refractivity (Wildman–Crippen MR) is 332 cm³/mol. The van der Waals surface area contributed by atoms with Gasteiger partial charge in [-0.3, -0.25) is 0 Å². The Kier molecular flexibility index (Phi) is 9.85. The van der Waals surface area contributed by atoms with E-state index in [9.17, 15) is 0 Å². The van der Waals surface area contributed by atoms with Crippen molar-refractivity contribution in [3.8, 4) is 11.1 Å². The average Bonchev–Trinajstić information content (AvgIpc) is 3.81. The Morgan fingerprint density at radius 2 is 0.816 bits per heavy atom. The van der Waals surface area contributed by atoms with Gasteiger partial charge >= 0.3 is 6.85 Å². The van der Waals surface area contributed by atoms with Crippen LogP contribution in [0, 0.1) is 0 Å². The molecule has 2 aliphatic heterocycles. The molecule has 2 nitrogen and oxygen atoms in total. The zero-order valence-electron chi connectivity index (χ0n) is 48.9. The third-order valence-electron chi connectivity index (χ3n) is 21.7. The molecule has 0 atom stereocenters. The van der Waals surface area contributed by atoms with E-state index in [0.717, 1.165) is 0 Å². The van der Waals surface area contributed by atoms with Gasteiger partial charge in [-0.2, -0.15) is 0 Å². The molecule has 0 amide bonds. The third-order valence-corrected chi connectivity index (χ3v) is 22.8. The van der Waals surface area contributed by atoms with Gasteiger partial charge in [-0.1, -0.05) is 153 Å². The lowest BCUT2D eigenvalue weighted by atomic mass is 9.42. The summed E-state index contributed by atoms with van der Waals surface area (Å²) >= 11 is 2.02. The topological polar surface area (TPSA) is 6.48 Å². The highest BCUT2D eigenvalue weighted by molar-refractivity contribution is 7.26. The molecule has 7 aromatic carbocycles. The Balaban J connectivity index is 1.14. The Labute approximate surface area is 459 Å². The van der Waals surface area contributed by atoms with Crippen LogP contribution in [0.1, 0.15) is 207 Å². The first-order valence-electron chi connectivity index (χ1n) is 29.3. The average molecular weight is 1020 g/mol. The number of fused-ring (bicyclic) bond motifs is 13. The molecule has 0 N–H and O–H groups in total. The molecule has 0 fully saturated rings. The van der Waals surface area contributed by atoms with E-state index in [1.54, 1.807) is 5.56 Å². The van der Waals surface area contributed by atoms with Crippen LogP contribution in [0.2, 0.25) is 0 Å². The molecular formula is C72H81BN2S.